The third kappa shape index (κ3) is 2.47. The van der Waals surface area contributed by atoms with E-state index in [2.05, 4.69) is 27.3 Å². The molecular formula is C16H19N3O. The fourth-order valence-electron chi connectivity index (χ4n) is 2.55. The average molecular weight is 269 g/mol. The first kappa shape index (κ1) is 12.9. The summed E-state index contributed by atoms with van der Waals surface area (Å²) in [6, 6.07) is 12.3. The number of anilines is 2. The third-order valence-corrected chi connectivity index (χ3v) is 3.43. The van der Waals surface area contributed by atoms with Gasteiger partial charge >= 0.3 is 0 Å². The molecule has 2 heterocycles. The Labute approximate surface area is 119 Å². The quantitative estimate of drug-likeness (QED) is 0.929. The Kier molecular flexibility index (Phi) is 3.83. The second-order valence-electron chi connectivity index (χ2n) is 4.84. The van der Waals surface area contributed by atoms with Gasteiger partial charge in [0.2, 0.25) is 0 Å². The topological polar surface area (TPSA) is 37.4 Å². The maximum Gasteiger partial charge on any atom is 0.142 e. The van der Waals surface area contributed by atoms with Gasteiger partial charge in [0.15, 0.2) is 0 Å². The van der Waals surface area contributed by atoms with Crippen molar-refractivity contribution in [3.05, 3.63) is 48.2 Å². The highest BCUT2D eigenvalue weighted by Gasteiger charge is 2.20. The minimum atomic E-state index is 0.752. The van der Waals surface area contributed by atoms with E-state index in [9.17, 15) is 0 Å². The van der Waals surface area contributed by atoms with Crippen LogP contribution in [0.4, 0.5) is 11.5 Å². The van der Waals surface area contributed by atoms with E-state index in [4.69, 9.17) is 4.74 Å². The van der Waals surface area contributed by atoms with Crippen LogP contribution in [0.1, 0.15) is 12.0 Å². The van der Waals surface area contributed by atoms with Gasteiger partial charge in [-0.2, -0.15) is 0 Å². The highest BCUT2D eigenvalue weighted by molar-refractivity contribution is 5.69. The molecule has 0 spiro atoms. The fraction of sp³-hybridized carbons (Fsp3) is 0.312. The monoisotopic (exact) mass is 269 g/mol. The predicted octanol–water partition coefficient (Wildman–Crippen LogP) is 2.72. The largest absolute Gasteiger partial charge is 0.491 e. The molecule has 20 heavy (non-hydrogen) atoms. The van der Waals surface area contributed by atoms with Crippen LogP contribution in [-0.4, -0.2) is 25.2 Å². The fourth-order valence-corrected chi connectivity index (χ4v) is 2.55. The van der Waals surface area contributed by atoms with E-state index in [1.807, 2.05) is 37.5 Å². The van der Waals surface area contributed by atoms with Gasteiger partial charge in [-0.25, -0.2) is 4.98 Å². The van der Waals surface area contributed by atoms with E-state index in [1.54, 1.807) is 0 Å². The number of aromatic nitrogens is 1. The van der Waals surface area contributed by atoms with Crippen LogP contribution in [0.25, 0.3) is 0 Å². The molecule has 0 amide bonds. The molecule has 0 aliphatic carbocycles. The van der Waals surface area contributed by atoms with Gasteiger partial charge in [0.1, 0.15) is 11.6 Å². The molecule has 2 aromatic rings. The number of nitrogens with one attached hydrogen (secondary N) is 1. The van der Waals surface area contributed by atoms with Gasteiger partial charge in [0.25, 0.3) is 0 Å². The van der Waals surface area contributed by atoms with Gasteiger partial charge in [-0.15, -0.1) is 0 Å². The van der Waals surface area contributed by atoms with E-state index in [-0.39, 0.29) is 0 Å². The van der Waals surface area contributed by atoms with Crippen molar-refractivity contribution in [2.45, 2.75) is 13.0 Å². The van der Waals surface area contributed by atoms with Crippen molar-refractivity contribution >= 4 is 11.5 Å². The minimum absolute atomic E-state index is 0.752. The molecule has 1 aliphatic rings. The molecule has 1 aromatic heterocycles. The van der Waals surface area contributed by atoms with Crippen LogP contribution < -0.4 is 15.0 Å². The standard InChI is InChI=1S/C16H19N3O/c1-17-12-13-6-4-9-18-16(13)19-10-5-11-20-15-8-3-2-7-14(15)19/h2-4,6-9,17H,5,10-12H2,1H3. The van der Waals surface area contributed by atoms with Gasteiger partial charge in [-0.1, -0.05) is 18.2 Å². The van der Waals surface area contributed by atoms with Crippen molar-refractivity contribution in [3.63, 3.8) is 0 Å². The molecule has 0 saturated carbocycles. The Morgan fingerprint density at radius 2 is 2.15 bits per heavy atom. The number of hydrogen-bond acceptors (Lipinski definition) is 4. The summed E-state index contributed by atoms with van der Waals surface area (Å²) in [5.74, 6) is 1.95. The number of pyridine rings is 1. The first-order valence-electron chi connectivity index (χ1n) is 6.98. The van der Waals surface area contributed by atoms with E-state index >= 15 is 0 Å². The van der Waals surface area contributed by atoms with Crippen LogP contribution in [-0.2, 0) is 6.54 Å². The van der Waals surface area contributed by atoms with Crippen molar-refractivity contribution in [2.75, 3.05) is 25.1 Å². The molecule has 0 fully saturated rings. The van der Waals surface area contributed by atoms with Crippen molar-refractivity contribution in [2.24, 2.45) is 0 Å². The zero-order chi connectivity index (χ0) is 13.8. The SMILES string of the molecule is CNCc1cccnc1N1CCCOc2ccccc21. The molecule has 0 unspecified atom stereocenters. The number of para-hydroxylation sites is 2. The number of nitrogens with zero attached hydrogens (tertiary/aromatic N) is 2. The molecule has 0 atom stereocenters. The van der Waals surface area contributed by atoms with Gasteiger partial charge < -0.3 is 15.0 Å². The van der Waals surface area contributed by atoms with Crippen molar-refractivity contribution in [3.8, 4) is 5.75 Å². The molecule has 0 bridgehead atoms. The Bertz CT molecular complexity index is 585. The molecule has 4 nitrogen and oxygen atoms in total. The lowest BCUT2D eigenvalue weighted by atomic mass is 10.2. The molecule has 1 aliphatic heterocycles. The molecule has 1 aromatic carbocycles. The van der Waals surface area contributed by atoms with Crippen LogP contribution in [0.2, 0.25) is 0 Å². The molecule has 4 heteroatoms. The highest BCUT2D eigenvalue weighted by atomic mass is 16.5. The normalized spacial score (nSPS) is 14.3. The van der Waals surface area contributed by atoms with Crippen LogP contribution >= 0.6 is 0 Å². The van der Waals surface area contributed by atoms with Crippen molar-refractivity contribution in [1.82, 2.24) is 10.3 Å². The van der Waals surface area contributed by atoms with Gasteiger partial charge in [-0.3, -0.25) is 0 Å². The van der Waals surface area contributed by atoms with Crippen LogP contribution in [0.15, 0.2) is 42.6 Å². The Morgan fingerprint density at radius 1 is 1.25 bits per heavy atom. The molecule has 3 rings (SSSR count). The third-order valence-electron chi connectivity index (χ3n) is 3.43. The Balaban J connectivity index is 2.05. The smallest absolute Gasteiger partial charge is 0.142 e. The Morgan fingerprint density at radius 3 is 3.05 bits per heavy atom. The molecule has 1 N–H and O–H groups in total. The minimum Gasteiger partial charge on any atom is -0.491 e. The molecule has 0 radical (unpaired) electrons. The van der Waals surface area contributed by atoms with Crippen molar-refractivity contribution in [1.29, 1.82) is 0 Å². The lowest BCUT2D eigenvalue weighted by Gasteiger charge is -2.25. The summed E-state index contributed by atoms with van der Waals surface area (Å²) in [4.78, 5) is 6.85. The summed E-state index contributed by atoms with van der Waals surface area (Å²) in [5, 5.41) is 3.21. The molecular weight excluding hydrogens is 250 g/mol. The van der Waals surface area contributed by atoms with E-state index in [0.717, 1.165) is 43.4 Å². The summed E-state index contributed by atoms with van der Waals surface area (Å²) >= 11 is 0. The zero-order valence-corrected chi connectivity index (χ0v) is 11.7. The van der Waals surface area contributed by atoms with Gasteiger partial charge in [0, 0.05) is 24.8 Å². The number of benzene rings is 1. The van der Waals surface area contributed by atoms with Gasteiger partial charge in [-0.05, 0) is 31.7 Å². The second kappa shape index (κ2) is 5.92. The maximum atomic E-state index is 5.81. The number of ether oxygens (including phenoxy) is 1. The predicted molar refractivity (Wildman–Crippen MR) is 80.6 cm³/mol. The first-order chi connectivity index (χ1) is 9.90. The van der Waals surface area contributed by atoms with Crippen LogP contribution in [0.5, 0.6) is 5.75 Å². The summed E-state index contributed by atoms with van der Waals surface area (Å²) < 4.78 is 5.81. The summed E-state index contributed by atoms with van der Waals surface area (Å²) in [6.07, 6.45) is 2.84. The summed E-state index contributed by atoms with van der Waals surface area (Å²) in [6.45, 7) is 2.48. The second-order valence-corrected chi connectivity index (χ2v) is 4.84. The summed E-state index contributed by atoms with van der Waals surface area (Å²) in [5.41, 5.74) is 2.30. The number of hydrogen-bond donors (Lipinski definition) is 1. The van der Waals surface area contributed by atoms with Crippen LogP contribution in [0.3, 0.4) is 0 Å². The first-order valence-corrected chi connectivity index (χ1v) is 6.98. The highest BCUT2D eigenvalue weighted by Crippen LogP contribution is 2.36. The number of rotatable bonds is 3. The van der Waals surface area contributed by atoms with E-state index in [1.165, 1.54) is 5.56 Å². The van der Waals surface area contributed by atoms with Crippen LogP contribution in [0, 0.1) is 0 Å². The lowest BCUT2D eigenvalue weighted by molar-refractivity contribution is 0.322. The molecule has 0 saturated heterocycles. The van der Waals surface area contributed by atoms with Crippen molar-refractivity contribution < 1.29 is 4.74 Å². The van der Waals surface area contributed by atoms with E-state index in [0.29, 0.717) is 0 Å². The average Bonchev–Trinajstić information content (AvgIpc) is 2.71. The van der Waals surface area contributed by atoms with E-state index < -0.39 is 0 Å². The molecule has 104 valence electrons. The zero-order valence-electron chi connectivity index (χ0n) is 11.7. The lowest BCUT2D eigenvalue weighted by Crippen LogP contribution is -2.21. The summed E-state index contributed by atoms with van der Waals surface area (Å²) in [7, 11) is 1.95. The van der Waals surface area contributed by atoms with Gasteiger partial charge in [0.05, 0.1) is 12.3 Å². The number of fused-ring (bicyclic) bond motifs is 1. The maximum absolute atomic E-state index is 5.81. The Hall–Kier alpha value is -2.07.